The minimum atomic E-state index is -0.446. The summed E-state index contributed by atoms with van der Waals surface area (Å²) in [5.41, 5.74) is 7.01. The molecule has 16 aromatic carbocycles. The Labute approximate surface area is 736 Å². The van der Waals surface area contributed by atoms with Gasteiger partial charge in [-0.15, -0.1) is 0 Å². The number of halogens is 1. The average Bonchev–Trinajstić information content (AvgIpc) is 1.61. The Morgan fingerprint density at radius 3 is 0.686 bits per heavy atom. The number of nitriles is 2. The van der Waals surface area contributed by atoms with Crippen LogP contribution in [0.25, 0.3) is 55.1 Å². The maximum atomic E-state index is 9.22. The van der Waals surface area contributed by atoms with Gasteiger partial charge in [-0.3, -0.25) is 4.98 Å². The Morgan fingerprint density at radius 2 is 0.455 bits per heavy atom. The van der Waals surface area contributed by atoms with Crippen molar-refractivity contribution in [3.8, 4) is 23.4 Å². The van der Waals surface area contributed by atoms with Gasteiger partial charge in [0, 0.05) is 59.9 Å². The molecular weight excluding hydrogens is 1710 g/mol. The Kier molecular flexibility index (Phi) is 32.3. The zero-order chi connectivity index (χ0) is 82.1. The fourth-order valence-corrected chi connectivity index (χ4v) is 23.2. The third-order valence-corrected chi connectivity index (χ3v) is 29.5. The summed E-state index contributed by atoms with van der Waals surface area (Å²) < 4.78 is 12.7. The molecule has 0 fully saturated rings. The fourth-order valence-electron chi connectivity index (χ4n) is 13.7. The van der Waals surface area contributed by atoms with Crippen molar-refractivity contribution in [3.05, 3.63) is 507 Å². The molecule has 0 atom stereocenters. The van der Waals surface area contributed by atoms with Crippen molar-refractivity contribution in [2.75, 3.05) is 0 Å². The molecule has 0 saturated heterocycles. The minimum Gasteiger partial charge on any atom is -0.454 e. The molecule has 121 heavy (non-hydrogen) atoms. The predicted molar refractivity (Wildman–Crippen MR) is 517 cm³/mol. The molecule has 20 rings (SSSR count). The Bertz CT molecular complexity index is 5710. The first kappa shape index (κ1) is 86.1. The summed E-state index contributed by atoms with van der Waals surface area (Å²) in [6, 6.07) is 168. The van der Waals surface area contributed by atoms with Crippen LogP contribution in [-0.2, 0) is 20.4 Å². The molecule has 0 radical (unpaired) electrons. The van der Waals surface area contributed by atoms with Gasteiger partial charge in [0.1, 0.15) is 27.9 Å². The van der Waals surface area contributed by atoms with E-state index in [2.05, 4.69) is 402 Å². The molecule has 0 amide bonds. The monoisotopic (exact) mass is 1790 g/mol. The number of hydrogen-bond donors (Lipinski definition) is 0. The van der Waals surface area contributed by atoms with Gasteiger partial charge in [-0.25, -0.2) is 4.98 Å². The molecule has 0 unspecified atom stereocenters. The molecule has 6 nitrogen and oxygen atoms in total. The number of nitrogens with zero attached hydrogens (tertiary/aromatic N) is 4. The fraction of sp³-hybridized carbons (Fsp3) is 0.00917. The van der Waals surface area contributed by atoms with Gasteiger partial charge >= 0.3 is 0 Å². The molecule has 4 heterocycles. The van der Waals surface area contributed by atoms with E-state index in [4.69, 9.17) is 14.1 Å². The zero-order valence-electron chi connectivity index (χ0n) is 66.3. The number of benzene rings is 16. The van der Waals surface area contributed by atoms with Crippen LogP contribution in [0.1, 0.15) is 16.7 Å². The summed E-state index contributed by atoms with van der Waals surface area (Å²) in [7, 11) is -1.78. The number of furan rings is 2. The van der Waals surface area contributed by atoms with E-state index in [9.17, 15) is 5.26 Å². The smallest absolute Gasteiger partial charge is 0.153 e. The van der Waals surface area contributed by atoms with Crippen LogP contribution in [0.5, 0.6) is 0 Å². The number of pyridine rings is 2. The first-order valence-electron chi connectivity index (χ1n) is 39.3. The van der Waals surface area contributed by atoms with Gasteiger partial charge < -0.3 is 8.83 Å². The second-order valence-corrected chi connectivity index (χ2v) is 36.9. The van der Waals surface area contributed by atoms with Gasteiger partial charge in [-0.2, -0.15) is 10.5 Å². The average molecular weight is 1790 g/mol. The SMILES string of the molecule is Brc1ccccn1.Cc1cccc2c1oc1c(C#N)cccc12.N#Cc1cccc2c1oc1c(-c3ccccn3)cccc12.[Pd].c1ccc(P(c2ccccc2)c2ccccc2)cc1.c1ccc(P(c2ccccc2)c2ccccc2)cc1.c1ccc(P(c2ccccc2)c2ccccc2)cc1.c1ccc(P(c2ccccc2)c2ccccc2)cc1. The quantitative estimate of drug-likeness (QED) is 0.0648. The van der Waals surface area contributed by atoms with Crippen LogP contribution in [0, 0.1) is 29.6 Å². The van der Waals surface area contributed by atoms with E-state index in [-0.39, 0.29) is 20.4 Å². The molecule has 20 aromatic rings. The van der Waals surface area contributed by atoms with E-state index in [0.29, 0.717) is 22.3 Å². The van der Waals surface area contributed by atoms with Gasteiger partial charge in [0.15, 0.2) is 11.2 Å². The first-order valence-corrected chi connectivity index (χ1v) is 45.5. The van der Waals surface area contributed by atoms with Crippen LogP contribution in [0.3, 0.4) is 0 Å². The summed E-state index contributed by atoms with van der Waals surface area (Å²) in [6.07, 6.45) is 3.50. The van der Waals surface area contributed by atoms with Crippen molar-refractivity contribution in [1.29, 1.82) is 10.5 Å². The van der Waals surface area contributed by atoms with E-state index < -0.39 is 31.7 Å². The molecule has 0 aliphatic rings. The third kappa shape index (κ3) is 23.0. The normalized spacial score (nSPS) is 10.4. The number of rotatable bonds is 13. The van der Waals surface area contributed by atoms with Gasteiger partial charge in [0.2, 0.25) is 0 Å². The molecule has 0 aliphatic heterocycles. The van der Waals surface area contributed by atoms with E-state index in [1.54, 1.807) is 24.5 Å². The van der Waals surface area contributed by atoms with E-state index in [1.165, 1.54) is 63.7 Å². The minimum absolute atomic E-state index is 0. The van der Waals surface area contributed by atoms with Crippen molar-refractivity contribution in [3.63, 3.8) is 0 Å². The Hall–Kier alpha value is -12.7. The Balaban J connectivity index is 0.000000123. The van der Waals surface area contributed by atoms with Crippen LogP contribution in [0.4, 0.5) is 0 Å². The van der Waals surface area contributed by atoms with Gasteiger partial charge in [-0.05, 0) is 166 Å². The van der Waals surface area contributed by atoms with E-state index in [0.717, 1.165) is 54.1 Å². The van der Waals surface area contributed by atoms with Crippen LogP contribution in [0.2, 0.25) is 0 Å². The maximum absolute atomic E-state index is 9.22. The number of hydrogen-bond acceptors (Lipinski definition) is 6. The molecule has 588 valence electrons. The molecule has 0 bridgehead atoms. The number of para-hydroxylation sites is 4. The third-order valence-electron chi connectivity index (χ3n) is 19.2. The van der Waals surface area contributed by atoms with E-state index >= 15 is 0 Å². The molecule has 0 saturated carbocycles. The van der Waals surface area contributed by atoms with Gasteiger partial charge in [0.05, 0.1) is 16.8 Å². The summed E-state index contributed by atoms with van der Waals surface area (Å²) in [4.78, 5) is 8.28. The molecular formula is C109H83BrN4O2P4Pd. The van der Waals surface area contributed by atoms with Crippen molar-refractivity contribution < 1.29 is 29.3 Å². The first-order chi connectivity index (χ1) is 59.4. The predicted octanol–water partition coefficient (Wildman–Crippen LogP) is 23.9. The van der Waals surface area contributed by atoms with Gasteiger partial charge in [0.25, 0.3) is 0 Å². The van der Waals surface area contributed by atoms with Crippen LogP contribution in [0.15, 0.2) is 499 Å². The second-order valence-electron chi connectivity index (χ2n) is 27.2. The molecule has 0 aliphatic carbocycles. The molecule has 0 N–H and O–H groups in total. The molecule has 12 heteroatoms. The van der Waals surface area contributed by atoms with Gasteiger partial charge in [-0.1, -0.05) is 431 Å². The summed E-state index contributed by atoms with van der Waals surface area (Å²) in [5.74, 6) is 0. The van der Waals surface area contributed by atoms with Crippen LogP contribution in [-0.4, -0.2) is 9.97 Å². The number of aryl methyl sites for hydroxylation is 1. The van der Waals surface area contributed by atoms with Crippen molar-refractivity contribution in [2.45, 2.75) is 6.92 Å². The summed E-state index contributed by atoms with van der Waals surface area (Å²) in [5, 5.41) is 39.1. The van der Waals surface area contributed by atoms with Crippen LogP contribution >= 0.6 is 47.6 Å². The number of aromatic nitrogens is 2. The van der Waals surface area contributed by atoms with Crippen molar-refractivity contribution in [2.24, 2.45) is 0 Å². The second kappa shape index (κ2) is 45.4. The largest absolute Gasteiger partial charge is 0.454 e. The van der Waals surface area contributed by atoms with Crippen molar-refractivity contribution >= 4 is 155 Å². The summed E-state index contributed by atoms with van der Waals surface area (Å²) >= 11 is 3.20. The molecule has 0 spiro atoms. The standard InChI is InChI=1S/C18H10N2O.4C18H15P.C14H9NO.C5H4BrN.Pd/c19-11-12-5-3-6-13-14-7-4-8-15(18(14)21-17(12)13)16-9-1-2-10-20-16;4*1-4-10-16(11-5-1)19(17-12-6-2-7-13-17)18-14-8-3-9-15-18;1-9-4-2-6-11-12-7-3-5-10(8-15)14(12)16-13(9)11;6-5-3-1-2-4-7-5;/h1-10H;4*1-15H;2-7H,1H3;1-4H;. The Morgan fingerprint density at radius 1 is 0.231 bits per heavy atom. The number of fused-ring (bicyclic) bond motifs is 6. The zero-order valence-corrected chi connectivity index (χ0v) is 73.0. The summed E-state index contributed by atoms with van der Waals surface area (Å²) in [6.45, 7) is 2.01. The maximum Gasteiger partial charge on any atom is 0.153 e. The van der Waals surface area contributed by atoms with Crippen molar-refractivity contribution in [1.82, 2.24) is 9.97 Å². The van der Waals surface area contributed by atoms with E-state index in [1.807, 2.05) is 104 Å². The topological polar surface area (TPSA) is 99.6 Å². The molecule has 4 aromatic heterocycles. The van der Waals surface area contributed by atoms with Crippen LogP contribution < -0.4 is 63.7 Å².